The van der Waals surface area contributed by atoms with Crippen LogP contribution in [0.2, 0.25) is 0 Å². The van der Waals surface area contributed by atoms with Crippen molar-refractivity contribution in [3.8, 4) is 28.7 Å². The summed E-state index contributed by atoms with van der Waals surface area (Å²) in [5.74, 6) is -1.34. The number of carbonyl (C=O) groups is 1. The highest BCUT2D eigenvalue weighted by Gasteiger charge is 2.35. The summed E-state index contributed by atoms with van der Waals surface area (Å²) in [4.78, 5) is 12.4. The Kier molecular flexibility index (Phi) is 3.14. The summed E-state index contributed by atoms with van der Waals surface area (Å²) in [5.41, 5.74) is 0.694. The van der Waals surface area contributed by atoms with E-state index in [1.54, 1.807) is 12.1 Å². The molecule has 1 aliphatic heterocycles. The number of ether oxygens (including phenoxy) is 2. The average molecular weight is 300 g/mol. The summed E-state index contributed by atoms with van der Waals surface area (Å²) < 4.78 is 10.4. The number of hydrogen-bond donors (Lipinski definition) is 3. The number of Topliss-reactive ketones (excluding diaryl/α,β-unsaturated/α-hetero) is 1. The minimum Gasteiger partial charge on any atom is -0.508 e. The zero-order chi connectivity index (χ0) is 15.9. The Morgan fingerprint density at radius 3 is 2.45 bits per heavy atom. The molecule has 0 bridgehead atoms. The molecule has 6 heteroatoms. The summed E-state index contributed by atoms with van der Waals surface area (Å²) >= 11 is 0. The van der Waals surface area contributed by atoms with E-state index in [2.05, 4.69) is 0 Å². The lowest BCUT2D eigenvalue weighted by Gasteiger charge is -2.07. The molecule has 1 heterocycles. The second-order valence-electron chi connectivity index (χ2n) is 4.68. The predicted octanol–water partition coefficient (Wildman–Crippen LogP) is 2.43. The first-order valence-corrected chi connectivity index (χ1v) is 6.37. The Bertz CT molecular complexity index is 789. The Labute approximate surface area is 125 Å². The van der Waals surface area contributed by atoms with Gasteiger partial charge in [-0.3, -0.25) is 4.79 Å². The summed E-state index contributed by atoms with van der Waals surface area (Å²) in [6, 6.07) is 7.32. The van der Waals surface area contributed by atoms with Gasteiger partial charge in [0, 0.05) is 6.07 Å². The zero-order valence-corrected chi connectivity index (χ0v) is 11.5. The number of carbonyl (C=O) groups excluding carboxylic acids is 1. The van der Waals surface area contributed by atoms with Crippen LogP contribution >= 0.6 is 0 Å². The molecule has 0 unspecified atom stereocenters. The van der Waals surface area contributed by atoms with Gasteiger partial charge in [0.05, 0.1) is 7.11 Å². The van der Waals surface area contributed by atoms with Gasteiger partial charge in [0.1, 0.15) is 17.1 Å². The number of ketones is 1. The number of aromatic hydroxyl groups is 3. The number of phenolic OH excluding ortho intramolecular Hbond substituents is 3. The highest BCUT2D eigenvalue weighted by molar-refractivity contribution is 6.17. The van der Waals surface area contributed by atoms with Crippen LogP contribution in [-0.2, 0) is 0 Å². The molecule has 1 aliphatic rings. The maximum absolute atomic E-state index is 12.4. The predicted molar refractivity (Wildman–Crippen MR) is 77.4 cm³/mol. The molecule has 3 rings (SSSR count). The zero-order valence-electron chi connectivity index (χ0n) is 11.5. The number of allylic oxidation sites excluding steroid dienone is 1. The summed E-state index contributed by atoms with van der Waals surface area (Å²) in [6.45, 7) is 0. The Morgan fingerprint density at radius 2 is 1.82 bits per heavy atom. The SMILES string of the molecule is COc1cc(O)c(O)c2c1C(=O)C(=Cc1ccc(O)cc1)O2. The molecule has 0 radical (unpaired) electrons. The van der Waals surface area contributed by atoms with E-state index in [0.717, 1.165) is 6.07 Å². The lowest BCUT2D eigenvalue weighted by Crippen LogP contribution is -2.00. The minimum absolute atomic E-state index is 0.0140. The van der Waals surface area contributed by atoms with Crippen LogP contribution in [0.15, 0.2) is 36.1 Å². The summed E-state index contributed by atoms with van der Waals surface area (Å²) in [5, 5.41) is 28.7. The van der Waals surface area contributed by atoms with Crippen LogP contribution in [0.5, 0.6) is 28.7 Å². The second kappa shape index (κ2) is 5.00. The fourth-order valence-corrected chi connectivity index (χ4v) is 2.18. The molecule has 0 aromatic heterocycles. The van der Waals surface area contributed by atoms with Crippen molar-refractivity contribution in [1.29, 1.82) is 0 Å². The third-order valence-corrected chi connectivity index (χ3v) is 3.27. The van der Waals surface area contributed by atoms with Gasteiger partial charge in [0.15, 0.2) is 17.3 Å². The van der Waals surface area contributed by atoms with E-state index in [1.807, 2.05) is 0 Å². The van der Waals surface area contributed by atoms with Gasteiger partial charge in [-0.05, 0) is 23.8 Å². The molecule has 6 nitrogen and oxygen atoms in total. The molecule has 2 aromatic rings. The van der Waals surface area contributed by atoms with Gasteiger partial charge in [-0.1, -0.05) is 12.1 Å². The quantitative estimate of drug-likeness (QED) is 0.582. The van der Waals surface area contributed by atoms with Crippen molar-refractivity contribution in [2.24, 2.45) is 0 Å². The number of benzene rings is 2. The fraction of sp³-hybridized carbons (Fsp3) is 0.0625. The van der Waals surface area contributed by atoms with Crippen molar-refractivity contribution in [3.63, 3.8) is 0 Å². The first kappa shape index (κ1) is 13.8. The van der Waals surface area contributed by atoms with Gasteiger partial charge in [0.2, 0.25) is 11.5 Å². The summed E-state index contributed by atoms with van der Waals surface area (Å²) in [7, 11) is 1.35. The van der Waals surface area contributed by atoms with Gasteiger partial charge in [-0.15, -0.1) is 0 Å². The van der Waals surface area contributed by atoms with Crippen LogP contribution in [0.4, 0.5) is 0 Å². The van der Waals surface area contributed by atoms with E-state index in [9.17, 15) is 20.1 Å². The Morgan fingerprint density at radius 1 is 1.14 bits per heavy atom. The van der Waals surface area contributed by atoms with Crippen LogP contribution in [-0.4, -0.2) is 28.2 Å². The molecule has 0 spiro atoms. The molecular weight excluding hydrogens is 288 g/mol. The normalized spacial score (nSPS) is 14.8. The van der Waals surface area contributed by atoms with Crippen LogP contribution in [0.25, 0.3) is 6.08 Å². The van der Waals surface area contributed by atoms with Crippen molar-refractivity contribution >= 4 is 11.9 Å². The topological polar surface area (TPSA) is 96.2 Å². The average Bonchev–Trinajstić information content (AvgIpc) is 2.83. The molecule has 112 valence electrons. The molecule has 3 N–H and O–H groups in total. The maximum Gasteiger partial charge on any atom is 0.235 e. The van der Waals surface area contributed by atoms with Crippen LogP contribution in [0, 0.1) is 0 Å². The Hall–Kier alpha value is -3.15. The first-order chi connectivity index (χ1) is 10.5. The largest absolute Gasteiger partial charge is 0.508 e. The lowest BCUT2D eigenvalue weighted by molar-refractivity contribution is 0.101. The van der Waals surface area contributed by atoms with Crippen molar-refractivity contribution in [1.82, 2.24) is 0 Å². The molecule has 0 saturated heterocycles. The molecule has 0 aliphatic carbocycles. The smallest absolute Gasteiger partial charge is 0.235 e. The fourth-order valence-electron chi connectivity index (χ4n) is 2.18. The van der Waals surface area contributed by atoms with E-state index >= 15 is 0 Å². The van der Waals surface area contributed by atoms with Crippen molar-refractivity contribution in [2.75, 3.05) is 7.11 Å². The van der Waals surface area contributed by atoms with Crippen molar-refractivity contribution < 1.29 is 29.6 Å². The van der Waals surface area contributed by atoms with Crippen LogP contribution < -0.4 is 9.47 Å². The van der Waals surface area contributed by atoms with Crippen LogP contribution in [0.1, 0.15) is 15.9 Å². The van der Waals surface area contributed by atoms with Crippen molar-refractivity contribution in [2.45, 2.75) is 0 Å². The van der Waals surface area contributed by atoms with E-state index in [4.69, 9.17) is 9.47 Å². The van der Waals surface area contributed by atoms with Crippen LogP contribution in [0.3, 0.4) is 0 Å². The third kappa shape index (κ3) is 2.10. The standard InChI is InChI=1S/C16H12O6/c1-21-11-7-10(18)14(19)16-13(11)15(20)12(22-16)6-8-2-4-9(17)5-3-8/h2-7,17-19H,1H3. The molecule has 22 heavy (non-hydrogen) atoms. The number of fused-ring (bicyclic) bond motifs is 1. The molecule has 0 amide bonds. The van der Waals surface area contributed by atoms with Gasteiger partial charge < -0.3 is 24.8 Å². The number of methoxy groups -OCH3 is 1. The number of rotatable bonds is 2. The van der Waals surface area contributed by atoms with Gasteiger partial charge >= 0.3 is 0 Å². The Balaban J connectivity index is 2.07. The molecule has 0 atom stereocenters. The summed E-state index contributed by atoms with van der Waals surface area (Å²) in [6.07, 6.45) is 1.47. The maximum atomic E-state index is 12.4. The van der Waals surface area contributed by atoms with Crippen molar-refractivity contribution in [3.05, 3.63) is 47.2 Å². The minimum atomic E-state index is -0.516. The first-order valence-electron chi connectivity index (χ1n) is 6.37. The third-order valence-electron chi connectivity index (χ3n) is 3.27. The molecule has 0 saturated carbocycles. The van der Waals surface area contributed by atoms with E-state index in [-0.39, 0.29) is 28.6 Å². The molecular formula is C16H12O6. The van der Waals surface area contributed by atoms with E-state index < -0.39 is 17.3 Å². The molecule has 2 aromatic carbocycles. The van der Waals surface area contributed by atoms with Gasteiger partial charge in [-0.2, -0.15) is 0 Å². The van der Waals surface area contributed by atoms with Gasteiger partial charge in [0.25, 0.3) is 0 Å². The number of hydrogen-bond acceptors (Lipinski definition) is 6. The molecule has 0 fully saturated rings. The highest BCUT2D eigenvalue weighted by atomic mass is 16.5. The van der Waals surface area contributed by atoms with Gasteiger partial charge in [-0.25, -0.2) is 0 Å². The second-order valence-corrected chi connectivity index (χ2v) is 4.68. The van der Waals surface area contributed by atoms with E-state index in [1.165, 1.54) is 25.3 Å². The number of phenols is 3. The monoisotopic (exact) mass is 300 g/mol. The highest BCUT2D eigenvalue weighted by Crippen LogP contribution is 2.49. The van der Waals surface area contributed by atoms with E-state index in [0.29, 0.717) is 5.56 Å². The lowest BCUT2D eigenvalue weighted by atomic mass is 10.1.